The molecule has 3 nitrogen and oxygen atoms in total. The monoisotopic (exact) mass is 322 g/mol. The zero-order valence-electron chi connectivity index (χ0n) is 10.6. The van der Waals surface area contributed by atoms with Crippen LogP contribution in [0.2, 0.25) is 19.6 Å². The summed E-state index contributed by atoms with van der Waals surface area (Å²) in [7, 11) is -1.75. The van der Waals surface area contributed by atoms with Crippen LogP contribution in [0.5, 0.6) is 0 Å². The van der Waals surface area contributed by atoms with Crippen molar-refractivity contribution in [1.29, 1.82) is 5.26 Å². The second-order valence-electron chi connectivity index (χ2n) is 5.17. The van der Waals surface area contributed by atoms with Gasteiger partial charge >= 0.3 is 0 Å². The number of nitriles is 1. The third kappa shape index (κ3) is 2.83. The smallest absolute Gasteiger partial charge is 0.186 e. The van der Waals surface area contributed by atoms with E-state index < -0.39 is 14.4 Å². The van der Waals surface area contributed by atoms with Crippen molar-refractivity contribution < 1.29 is 4.43 Å². The molecule has 0 bridgehead atoms. The minimum Gasteiger partial charge on any atom is -0.399 e. The van der Waals surface area contributed by atoms with Gasteiger partial charge in [0, 0.05) is 27.1 Å². The molecule has 0 aliphatic carbocycles. The topological polar surface area (TPSA) is 48.8 Å². The highest BCUT2D eigenvalue weighted by Crippen LogP contribution is 2.30. The van der Waals surface area contributed by atoms with Gasteiger partial charge in [0.2, 0.25) is 0 Å². The first-order valence-corrected chi connectivity index (χ1v) is 9.95. The Kier molecular flexibility index (Phi) is 3.62. The number of rotatable bonds is 3. The number of nitrogens with zero attached hydrogens (tertiary/aromatic N) is 1. The summed E-state index contributed by atoms with van der Waals surface area (Å²) in [5, 5.41) is 10.3. The van der Waals surface area contributed by atoms with Crippen LogP contribution in [0.15, 0.2) is 28.9 Å². The number of fused-ring (bicyclic) bond motifs is 1. The highest BCUT2D eigenvalue weighted by Gasteiger charge is 2.24. The third-order valence-electron chi connectivity index (χ3n) is 2.55. The van der Waals surface area contributed by atoms with Crippen molar-refractivity contribution in [3.8, 4) is 6.07 Å². The largest absolute Gasteiger partial charge is 0.399 e. The number of hydrogen-bond donors (Lipinski definition) is 1. The van der Waals surface area contributed by atoms with Gasteiger partial charge in [0.15, 0.2) is 14.4 Å². The second kappa shape index (κ2) is 4.88. The fourth-order valence-electron chi connectivity index (χ4n) is 1.84. The van der Waals surface area contributed by atoms with Crippen molar-refractivity contribution in [3.05, 3.63) is 34.4 Å². The lowest BCUT2D eigenvalue weighted by molar-refractivity contribution is 0.256. The van der Waals surface area contributed by atoms with E-state index in [2.05, 4.69) is 46.6 Å². The maximum atomic E-state index is 9.31. The van der Waals surface area contributed by atoms with E-state index in [0.29, 0.717) is 0 Å². The molecule has 1 unspecified atom stereocenters. The van der Waals surface area contributed by atoms with Crippen molar-refractivity contribution >= 4 is 35.2 Å². The normalized spacial score (nSPS) is 13.5. The summed E-state index contributed by atoms with van der Waals surface area (Å²) in [6.07, 6.45) is 1.37. The maximum absolute atomic E-state index is 9.31. The minimum absolute atomic E-state index is 0.500. The van der Waals surface area contributed by atoms with Crippen LogP contribution in [-0.4, -0.2) is 13.3 Å². The summed E-state index contributed by atoms with van der Waals surface area (Å²) >= 11 is 3.45. The van der Waals surface area contributed by atoms with Crippen LogP contribution < -0.4 is 0 Å². The van der Waals surface area contributed by atoms with Gasteiger partial charge in [-0.05, 0) is 37.8 Å². The molecule has 0 saturated heterocycles. The molecule has 0 spiro atoms. The highest BCUT2D eigenvalue weighted by molar-refractivity contribution is 9.10. The first-order chi connectivity index (χ1) is 8.40. The molecule has 1 heterocycles. The van der Waals surface area contributed by atoms with Gasteiger partial charge < -0.3 is 9.41 Å². The Morgan fingerprint density at radius 3 is 2.72 bits per heavy atom. The van der Waals surface area contributed by atoms with Crippen molar-refractivity contribution in [2.75, 3.05) is 0 Å². The molecule has 2 rings (SSSR count). The molecule has 0 fully saturated rings. The predicted octanol–water partition coefficient (Wildman–Crippen LogP) is 4.35. The molecule has 1 N–H and O–H groups in total. The molecule has 0 amide bonds. The maximum Gasteiger partial charge on any atom is 0.186 e. The number of aromatic amines is 1. The molecule has 2 aromatic rings. The zero-order valence-corrected chi connectivity index (χ0v) is 13.2. The molecule has 94 valence electrons. The van der Waals surface area contributed by atoms with Crippen molar-refractivity contribution in [2.45, 2.75) is 25.7 Å². The molecular weight excluding hydrogens is 308 g/mol. The van der Waals surface area contributed by atoms with E-state index in [9.17, 15) is 5.26 Å². The van der Waals surface area contributed by atoms with Crippen LogP contribution in [0, 0.1) is 11.3 Å². The number of H-pyrrole nitrogens is 1. The standard InChI is InChI=1S/C13H15BrN2OSi/c1-18(2,3)17-13(7-15)11-8-16-12-5-4-9(14)6-10(11)12/h4-6,8,13,16H,1-3H3. The average molecular weight is 323 g/mol. The molecule has 0 aliphatic rings. The van der Waals surface area contributed by atoms with Gasteiger partial charge in [0.25, 0.3) is 0 Å². The van der Waals surface area contributed by atoms with E-state index in [0.717, 1.165) is 20.9 Å². The van der Waals surface area contributed by atoms with Gasteiger partial charge in [-0.25, -0.2) is 0 Å². The Hall–Kier alpha value is -1.09. The summed E-state index contributed by atoms with van der Waals surface area (Å²) in [5.74, 6) is 0. The average Bonchev–Trinajstić information content (AvgIpc) is 2.67. The minimum atomic E-state index is -1.75. The first-order valence-electron chi connectivity index (χ1n) is 5.75. The molecule has 1 aromatic heterocycles. The van der Waals surface area contributed by atoms with Gasteiger partial charge in [-0.15, -0.1) is 0 Å². The lowest BCUT2D eigenvalue weighted by atomic mass is 10.1. The highest BCUT2D eigenvalue weighted by atomic mass is 79.9. The van der Waals surface area contributed by atoms with Crippen molar-refractivity contribution in [1.82, 2.24) is 4.98 Å². The Balaban J connectivity index is 2.46. The van der Waals surface area contributed by atoms with Gasteiger partial charge in [0.05, 0.1) is 6.07 Å². The number of aromatic nitrogens is 1. The van der Waals surface area contributed by atoms with Crippen LogP contribution in [0.3, 0.4) is 0 Å². The van der Waals surface area contributed by atoms with Crippen LogP contribution in [0.1, 0.15) is 11.7 Å². The quantitative estimate of drug-likeness (QED) is 0.854. The lowest BCUT2D eigenvalue weighted by Gasteiger charge is -2.21. The van der Waals surface area contributed by atoms with E-state index in [4.69, 9.17) is 4.43 Å². The number of benzene rings is 1. The Labute approximate surface area is 116 Å². The van der Waals surface area contributed by atoms with Crippen LogP contribution in [0.4, 0.5) is 0 Å². The Morgan fingerprint density at radius 1 is 1.39 bits per heavy atom. The van der Waals surface area contributed by atoms with E-state index in [1.807, 2.05) is 24.4 Å². The van der Waals surface area contributed by atoms with Crippen molar-refractivity contribution in [2.24, 2.45) is 0 Å². The van der Waals surface area contributed by atoms with Gasteiger partial charge in [0.1, 0.15) is 0 Å². The fourth-order valence-corrected chi connectivity index (χ4v) is 3.09. The van der Waals surface area contributed by atoms with Gasteiger partial charge in [-0.3, -0.25) is 0 Å². The van der Waals surface area contributed by atoms with Crippen molar-refractivity contribution in [3.63, 3.8) is 0 Å². The molecule has 0 aliphatic heterocycles. The Bertz CT molecular complexity index is 609. The summed E-state index contributed by atoms with van der Waals surface area (Å²) in [6.45, 7) is 6.26. The van der Waals surface area contributed by atoms with E-state index >= 15 is 0 Å². The molecule has 1 atom stereocenters. The lowest BCUT2D eigenvalue weighted by Crippen LogP contribution is -2.27. The van der Waals surface area contributed by atoms with E-state index in [1.165, 1.54) is 0 Å². The fraction of sp³-hybridized carbons (Fsp3) is 0.308. The SMILES string of the molecule is C[Si](C)(C)OC(C#N)c1c[nH]c2ccc(Br)cc12. The number of hydrogen-bond acceptors (Lipinski definition) is 2. The van der Waals surface area contributed by atoms with Crippen LogP contribution in [0.25, 0.3) is 10.9 Å². The van der Waals surface area contributed by atoms with Crippen LogP contribution >= 0.6 is 15.9 Å². The van der Waals surface area contributed by atoms with Gasteiger partial charge in [-0.2, -0.15) is 5.26 Å². The molecule has 0 radical (unpaired) electrons. The molecule has 1 aromatic carbocycles. The summed E-state index contributed by atoms with van der Waals surface area (Å²) in [6, 6.07) is 8.23. The zero-order chi connectivity index (χ0) is 13.3. The summed E-state index contributed by atoms with van der Waals surface area (Å²) < 4.78 is 6.92. The van der Waals surface area contributed by atoms with E-state index in [-0.39, 0.29) is 0 Å². The summed E-state index contributed by atoms with van der Waals surface area (Å²) in [4.78, 5) is 3.18. The first kappa shape index (κ1) is 13.3. The second-order valence-corrected chi connectivity index (χ2v) is 10.5. The third-order valence-corrected chi connectivity index (χ3v) is 3.98. The van der Waals surface area contributed by atoms with E-state index in [1.54, 1.807) is 0 Å². The summed E-state index contributed by atoms with van der Waals surface area (Å²) in [5.41, 5.74) is 1.93. The number of nitrogens with one attached hydrogen (secondary N) is 1. The molecule has 0 saturated carbocycles. The molecule has 18 heavy (non-hydrogen) atoms. The van der Waals surface area contributed by atoms with Crippen LogP contribution in [-0.2, 0) is 4.43 Å². The molecular formula is C13H15BrN2OSi. The Morgan fingerprint density at radius 2 is 2.11 bits per heavy atom. The molecule has 5 heteroatoms. The van der Waals surface area contributed by atoms with Gasteiger partial charge in [-0.1, -0.05) is 15.9 Å². The predicted molar refractivity (Wildman–Crippen MR) is 78.8 cm³/mol. The number of halogens is 1.